The number of nitrogens with zero attached hydrogens (tertiary/aromatic N) is 1. The molecule has 0 atom stereocenters. The number of hydrogen-bond acceptors (Lipinski definition) is 3. The van der Waals surface area contributed by atoms with Crippen LogP contribution in [0.15, 0.2) is 42.6 Å². The van der Waals surface area contributed by atoms with E-state index in [9.17, 15) is 14.0 Å². The lowest BCUT2D eigenvalue weighted by molar-refractivity contribution is 0.0962. The molecular formula is C13H9ClFN3O2. The number of nitrogens with one attached hydrogen (secondary N) is 2. The highest BCUT2D eigenvalue weighted by Crippen LogP contribution is 2.13. The quantitative estimate of drug-likeness (QED) is 0.836. The highest BCUT2D eigenvalue weighted by molar-refractivity contribution is 6.30. The number of aromatic nitrogens is 1. The number of urea groups is 1. The molecule has 102 valence electrons. The number of hydrogen-bond donors (Lipinski definition) is 2. The molecule has 0 aliphatic heterocycles. The Morgan fingerprint density at radius 2 is 1.85 bits per heavy atom. The molecule has 2 N–H and O–H groups in total. The molecule has 0 fully saturated rings. The Balaban J connectivity index is 2.00. The van der Waals surface area contributed by atoms with Gasteiger partial charge in [-0.15, -0.1) is 0 Å². The molecule has 0 radical (unpaired) electrons. The highest BCUT2D eigenvalue weighted by Gasteiger charge is 2.14. The summed E-state index contributed by atoms with van der Waals surface area (Å²) in [5.41, 5.74) is 0.144. The monoisotopic (exact) mass is 293 g/mol. The molecule has 0 aliphatic carbocycles. The van der Waals surface area contributed by atoms with Gasteiger partial charge in [0.2, 0.25) is 5.95 Å². The molecule has 0 unspecified atom stereocenters. The van der Waals surface area contributed by atoms with E-state index in [1.165, 1.54) is 18.3 Å². The molecule has 2 rings (SSSR count). The van der Waals surface area contributed by atoms with E-state index >= 15 is 0 Å². The minimum absolute atomic E-state index is 0.307. The second-order valence-electron chi connectivity index (χ2n) is 3.76. The van der Waals surface area contributed by atoms with Crippen LogP contribution in [0.5, 0.6) is 0 Å². The fourth-order valence-corrected chi connectivity index (χ4v) is 1.55. The van der Waals surface area contributed by atoms with Gasteiger partial charge in [0.25, 0.3) is 5.91 Å². The van der Waals surface area contributed by atoms with Crippen LogP contribution in [-0.4, -0.2) is 16.9 Å². The smallest absolute Gasteiger partial charge is 0.308 e. The Morgan fingerprint density at radius 1 is 1.15 bits per heavy atom. The predicted octanol–water partition coefficient (Wildman–Crippen LogP) is 2.84. The second kappa shape index (κ2) is 6.12. The Kier molecular flexibility index (Phi) is 4.27. The van der Waals surface area contributed by atoms with Crippen LogP contribution < -0.4 is 10.6 Å². The van der Waals surface area contributed by atoms with Crippen LogP contribution in [0.1, 0.15) is 10.4 Å². The van der Waals surface area contributed by atoms with E-state index in [1.54, 1.807) is 24.3 Å². The van der Waals surface area contributed by atoms with Crippen LogP contribution >= 0.6 is 11.6 Å². The number of imide groups is 1. The first-order chi connectivity index (χ1) is 9.56. The summed E-state index contributed by atoms with van der Waals surface area (Å²) >= 11 is 5.70. The molecule has 0 bridgehead atoms. The van der Waals surface area contributed by atoms with Gasteiger partial charge in [0.1, 0.15) is 0 Å². The molecule has 5 nitrogen and oxygen atoms in total. The van der Waals surface area contributed by atoms with Crippen LogP contribution in [0.4, 0.5) is 14.9 Å². The average Bonchev–Trinajstić information content (AvgIpc) is 2.41. The lowest BCUT2D eigenvalue weighted by Gasteiger charge is -2.07. The topological polar surface area (TPSA) is 71.1 Å². The lowest BCUT2D eigenvalue weighted by Crippen LogP contribution is -2.34. The Bertz CT molecular complexity index is 646. The van der Waals surface area contributed by atoms with Gasteiger partial charge in [-0.05, 0) is 36.4 Å². The molecule has 2 aromatic rings. The van der Waals surface area contributed by atoms with Crippen molar-refractivity contribution in [1.29, 1.82) is 0 Å². The zero-order valence-corrected chi connectivity index (χ0v) is 10.8. The van der Waals surface area contributed by atoms with Crippen molar-refractivity contribution in [2.45, 2.75) is 0 Å². The first kappa shape index (κ1) is 14.0. The standard InChI is InChI=1S/C13H9ClFN3O2/c14-8-3-5-9(6-4-8)17-13(20)18-12(19)10-2-1-7-16-11(10)15/h1-7H,(H2,17,18,19,20). The molecule has 0 aliphatic rings. The lowest BCUT2D eigenvalue weighted by atomic mass is 10.2. The van der Waals surface area contributed by atoms with Gasteiger partial charge in [-0.2, -0.15) is 4.39 Å². The molecule has 0 spiro atoms. The van der Waals surface area contributed by atoms with Crippen LogP contribution in [0, 0.1) is 5.95 Å². The van der Waals surface area contributed by atoms with Gasteiger partial charge in [0, 0.05) is 16.9 Å². The Morgan fingerprint density at radius 3 is 2.50 bits per heavy atom. The van der Waals surface area contributed by atoms with E-state index in [2.05, 4.69) is 10.3 Å². The van der Waals surface area contributed by atoms with E-state index in [0.717, 1.165) is 0 Å². The maximum Gasteiger partial charge on any atom is 0.326 e. The van der Waals surface area contributed by atoms with E-state index in [0.29, 0.717) is 10.7 Å². The van der Waals surface area contributed by atoms with Gasteiger partial charge in [0.05, 0.1) is 5.56 Å². The normalized spacial score (nSPS) is 9.90. The van der Waals surface area contributed by atoms with Crippen molar-refractivity contribution >= 4 is 29.2 Å². The van der Waals surface area contributed by atoms with Crippen molar-refractivity contribution in [1.82, 2.24) is 10.3 Å². The first-order valence-corrected chi connectivity index (χ1v) is 5.92. The number of rotatable bonds is 2. The summed E-state index contributed by atoms with van der Waals surface area (Å²) in [4.78, 5) is 26.5. The van der Waals surface area contributed by atoms with Gasteiger partial charge < -0.3 is 5.32 Å². The number of pyridine rings is 1. The summed E-state index contributed by atoms with van der Waals surface area (Å²) in [6, 6.07) is 8.15. The fraction of sp³-hybridized carbons (Fsp3) is 0. The van der Waals surface area contributed by atoms with Gasteiger partial charge in [-0.1, -0.05) is 11.6 Å². The Hall–Kier alpha value is -2.47. The second-order valence-corrected chi connectivity index (χ2v) is 4.19. The molecule has 1 aromatic heterocycles. The molecule has 20 heavy (non-hydrogen) atoms. The summed E-state index contributed by atoms with van der Waals surface area (Å²) in [6.07, 6.45) is 1.21. The van der Waals surface area contributed by atoms with Crippen LogP contribution in [-0.2, 0) is 0 Å². The molecule has 1 aromatic carbocycles. The fourth-order valence-electron chi connectivity index (χ4n) is 1.42. The van der Waals surface area contributed by atoms with E-state index in [4.69, 9.17) is 11.6 Å². The SMILES string of the molecule is O=C(NC(=O)c1cccnc1F)Nc1ccc(Cl)cc1. The highest BCUT2D eigenvalue weighted by atomic mass is 35.5. The number of amides is 3. The van der Waals surface area contributed by atoms with Gasteiger partial charge in [-0.25, -0.2) is 9.78 Å². The third-order valence-electron chi connectivity index (χ3n) is 2.33. The molecule has 0 saturated carbocycles. The number of benzene rings is 1. The zero-order valence-electron chi connectivity index (χ0n) is 10.1. The number of carbonyl (C=O) groups is 2. The van der Waals surface area contributed by atoms with Crippen LogP contribution in [0.3, 0.4) is 0 Å². The largest absolute Gasteiger partial charge is 0.326 e. The van der Waals surface area contributed by atoms with Crippen molar-refractivity contribution in [3.8, 4) is 0 Å². The summed E-state index contributed by atoms with van der Waals surface area (Å²) in [7, 11) is 0. The number of carbonyl (C=O) groups excluding carboxylic acids is 2. The summed E-state index contributed by atoms with van der Waals surface area (Å²) in [5, 5.41) is 4.93. The van der Waals surface area contributed by atoms with Crippen molar-refractivity contribution in [3.63, 3.8) is 0 Å². The average molecular weight is 294 g/mol. The number of halogens is 2. The summed E-state index contributed by atoms with van der Waals surface area (Å²) in [6.45, 7) is 0. The third kappa shape index (κ3) is 3.52. The van der Waals surface area contributed by atoms with Crippen molar-refractivity contribution in [3.05, 3.63) is 59.1 Å². The van der Waals surface area contributed by atoms with Crippen LogP contribution in [0.2, 0.25) is 5.02 Å². The van der Waals surface area contributed by atoms with E-state index in [1.807, 2.05) is 5.32 Å². The molecule has 3 amide bonds. The maximum atomic E-state index is 13.2. The van der Waals surface area contributed by atoms with Crippen molar-refractivity contribution in [2.24, 2.45) is 0 Å². The summed E-state index contributed by atoms with van der Waals surface area (Å²) in [5.74, 6) is -1.81. The first-order valence-electron chi connectivity index (χ1n) is 5.54. The van der Waals surface area contributed by atoms with Crippen molar-refractivity contribution in [2.75, 3.05) is 5.32 Å². The van der Waals surface area contributed by atoms with E-state index < -0.39 is 17.9 Å². The molecule has 1 heterocycles. The van der Waals surface area contributed by atoms with Crippen molar-refractivity contribution < 1.29 is 14.0 Å². The maximum absolute atomic E-state index is 13.2. The number of anilines is 1. The predicted molar refractivity (Wildman–Crippen MR) is 72.1 cm³/mol. The minimum atomic E-state index is -0.940. The van der Waals surface area contributed by atoms with Crippen LogP contribution in [0.25, 0.3) is 0 Å². The minimum Gasteiger partial charge on any atom is -0.308 e. The zero-order chi connectivity index (χ0) is 14.5. The third-order valence-corrected chi connectivity index (χ3v) is 2.58. The Labute approximate surface area is 118 Å². The molecule has 7 heteroatoms. The van der Waals surface area contributed by atoms with Gasteiger partial charge in [-0.3, -0.25) is 10.1 Å². The summed E-state index contributed by atoms with van der Waals surface area (Å²) < 4.78 is 13.2. The van der Waals surface area contributed by atoms with Gasteiger partial charge >= 0.3 is 6.03 Å². The van der Waals surface area contributed by atoms with E-state index in [-0.39, 0.29) is 5.56 Å². The van der Waals surface area contributed by atoms with Gasteiger partial charge in [0.15, 0.2) is 0 Å². The molecular weight excluding hydrogens is 285 g/mol. The molecule has 0 saturated heterocycles.